The summed E-state index contributed by atoms with van der Waals surface area (Å²) in [6, 6.07) is 3.34. The smallest absolute Gasteiger partial charge is 0.347 e. The van der Waals surface area contributed by atoms with Crippen molar-refractivity contribution < 1.29 is 14.7 Å². The summed E-state index contributed by atoms with van der Waals surface area (Å²) in [5.41, 5.74) is 0. The predicted octanol–water partition coefficient (Wildman–Crippen LogP) is 2.70. The topological polar surface area (TPSA) is 79.3 Å². The molecule has 0 saturated heterocycles. The lowest BCUT2D eigenvalue weighted by Crippen LogP contribution is -2.25. The lowest BCUT2D eigenvalue weighted by Gasteiger charge is -2.09. The third-order valence-corrected chi connectivity index (χ3v) is 4.58. The highest BCUT2D eigenvalue weighted by Gasteiger charge is 2.17. The van der Waals surface area contributed by atoms with Crippen LogP contribution < -0.4 is 5.32 Å². The maximum atomic E-state index is 11.9. The van der Waals surface area contributed by atoms with Gasteiger partial charge in [0.2, 0.25) is 0 Å². The Balaban J connectivity index is 2.05. The van der Waals surface area contributed by atoms with E-state index in [1.54, 1.807) is 13.0 Å². The number of aromatic nitrogens is 1. The number of aryl methyl sites for hydroxylation is 1. The number of carboxylic acids is 1. The molecule has 0 aliphatic heterocycles. The van der Waals surface area contributed by atoms with Crippen LogP contribution in [0.3, 0.4) is 0 Å². The van der Waals surface area contributed by atoms with Crippen LogP contribution in [0.2, 0.25) is 0 Å². The molecule has 2 N–H and O–H groups in total. The predicted molar refractivity (Wildman–Crippen MR) is 74.0 cm³/mol. The zero-order valence-corrected chi connectivity index (χ0v) is 12.0. The second kappa shape index (κ2) is 5.50. The maximum absolute atomic E-state index is 11.9. The summed E-state index contributed by atoms with van der Waals surface area (Å²) in [4.78, 5) is 28.6. The number of hydrogen-bond acceptors (Lipinski definition) is 5. The number of carboxylic acid groups (broad SMARTS) is 1. The van der Waals surface area contributed by atoms with Gasteiger partial charge >= 0.3 is 5.97 Å². The fraction of sp³-hybridized carbons (Fsp3) is 0.250. The minimum atomic E-state index is -1.00. The van der Waals surface area contributed by atoms with E-state index in [1.807, 2.05) is 13.0 Å². The number of carbonyl (C=O) groups is 2. The highest BCUT2D eigenvalue weighted by atomic mass is 32.1. The van der Waals surface area contributed by atoms with Crippen molar-refractivity contribution in [3.05, 3.63) is 38.0 Å². The van der Waals surface area contributed by atoms with Crippen molar-refractivity contribution in [1.82, 2.24) is 10.3 Å². The van der Waals surface area contributed by atoms with Crippen molar-refractivity contribution in [2.45, 2.75) is 19.9 Å². The Hall–Kier alpha value is -1.73. The van der Waals surface area contributed by atoms with Gasteiger partial charge in [0.25, 0.3) is 5.91 Å². The zero-order chi connectivity index (χ0) is 14.0. The van der Waals surface area contributed by atoms with Gasteiger partial charge in [0, 0.05) is 4.88 Å². The first kappa shape index (κ1) is 13.7. The van der Waals surface area contributed by atoms with E-state index < -0.39 is 5.97 Å². The molecule has 1 amide bonds. The molecule has 0 bridgehead atoms. The number of thiophene rings is 1. The quantitative estimate of drug-likeness (QED) is 0.909. The molecule has 2 heterocycles. The molecule has 0 aromatic carbocycles. The molecule has 0 aliphatic carbocycles. The monoisotopic (exact) mass is 296 g/mol. The Morgan fingerprint density at radius 3 is 2.58 bits per heavy atom. The Kier molecular flexibility index (Phi) is 3.96. The Morgan fingerprint density at radius 2 is 2.05 bits per heavy atom. The van der Waals surface area contributed by atoms with Crippen molar-refractivity contribution in [2.24, 2.45) is 0 Å². The van der Waals surface area contributed by atoms with E-state index in [0.717, 1.165) is 16.2 Å². The van der Waals surface area contributed by atoms with E-state index in [1.165, 1.54) is 17.5 Å². The molecule has 2 aromatic heterocycles. The SMILES string of the molecule is Cc1ccc(C(=O)N[C@@H](C)c2ncc(C(=O)O)s2)s1. The summed E-state index contributed by atoms with van der Waals surface area (Å²) in [6.45, 7) is 3.72. The molecule has 2 rings (SSSR count). The lowest BCUT2D eigenvalue weighted by atomic mass is 10.3. The number of rotatable bonds is 4. The van der Waals surface area contributed by atoms with Crippen molar-refractivity contribution in [2.75, 3.05) is 0 Å². The number of nitrogens with one attached hydrogen (secondary N) is 1. The first-order valence-electron chi connectivity index (χ1n) is 5.53. The molecule has 100 valence electrons. The van der Waals surface area contributed by atoms with Gasteiger partial charge in [0.15, 0.2) is 0 Å². The van der Waals surface area contributed by atoms with Gasteiger partial charge in [0.05, 0.1) is 17.1 Å². The fourth-order valence-corrected chi connectivity index (χ4v) is 3.00. The Morgan fingerprint density at radius 1 is 1.32 bits per heavy atom. The molecule has 5 nitrogen and oxygen atoms in total. The van der Waals surface area contributed by atoms with Gasteiger partial charge in [0.1, 0.15) is 9.88 Å². The first-order valence-corrected chi connectivity index (χ1v) is 7.17. The molecule has 0 aliphatic rings. The summed E-state index contributed by atoms with van der Waals surface area (Å²) in [5, 5.41) is 12.2. The van der Waals surface area contributed by atoms with Crippen LogP contribution in [0.5, 0.6) is 0 Å². The fourth-order valence-electron chi connectivity index (χ4n) is 1.47. The summed E-state index contributed by atoms with van der Waals surface area (Å²) in [5.74, 6) is -1.17. The summed E-state index contributed by atoms with van der Waals surface area (Å²) >= 11 is 2.49. The highest BCUT2D eigenvalue weighted by Crippen LogP contribution is 2.21. The van der Waals surface area contributed by atoms with Crippen molar-refractivity contribution in [1.29, 1.82) is 0 Å². The Labute approximate surface area is 117 Å². The average Bonchev–Trinajstić information content (AvgIpc) is 2.96. The minimum Gasteiger partial charge on any atom is -0.477 e. The summed E-state index contributed by atoms with van der Waals surface area (Å²) in [6.07, 6.45) is 1.31. The van der Waals surface area contributed by atoms with E-state index in [-0.39, 0.29) is 16.8 Å². The second-order valence-electron chi connectivity index (χ2n) is 3.97. The molecule has 19 heavy (non-hydrogen) atoms. The average molecular weight is 296 g/mol. The molecule has 0 fully saturated rings. The largest absolute Gasteiger partial charge is 0.477 e. The van der Waals surface area contributed by atoms with E-state index in [4.69, 9.17) is 5.11 Å². The van der Waals surface area contributed by atoms with Gasteiger partial charge in [-0.1, -0.05) is 0 Å². The van der Waals surface area contributed by atoms with Crippen LogP contribution >= 0.6 is 22.7 Å². The molecule has 0 spiro atoms. The van der Waals surface area contributed by atoms with E-state index >= 15 is 0 Å². The molecule has 0 saturated carbocycles. The molecule has 0 radical (unpaired) electrons. The van der Waals surface area contributed by atoms with Gasteiger partial charge in [-0.05, 0) is 26.0 Å². The number of amides is 1. The van der Waals surface area contributed by atoms with Gasteiger partial charge < -0.3 is 10.4 Å². The maximum Gasteiger partial charge on any atom is 0.347 e. The minimum absolute atomic E-state index is 0.169. The molecular formula is C12H12N2O3S2. The third kappa shape index (κ3) is 3.18. The number of thiazole rings is 1. The number of carbonyl (C=O) groups excluding carboxylic acids is 1. The molecular weight excluding hydrogens is 284 g/mol. The van der Waals surface area contributed by atoms with Gasteiger partial charge in [-0.25, -0.2) is 9.78 Å². The van der Waals surface area contributed by atoms with Crippen LogP contribution in [-0.2, 0) is 0 Å². The number of nitrogens with zero attached hydrogens (tertiary/aromatic N) is 1. The third-order valence-electron chi connectivity index (χ3n) is 2.42. The van der Waals surface area contributed by atoms with Gasteiger partial charge in [-0.15, -0.1) is 22.7 Å². The summed E-state index contributed by atoms with van der Waals surface area (Å²) in [7, 11) is 0. The lowest BCUT2D eigenvalue weighted by molar-refractivity contribution is 0.0701. The Bertz CT molecular complexity index is 618. The van der Waals surface area contributed by atoms with E-state index in [9.17, 15) is 9.59 Å². The van der Waals surface area contributed by atoms with Crippen LogP contribution in [0.25, 0.3) is 0 Å². The van der Waals surface area contributed by atoms with Crippen molar-refractivity contribution >= 4 is 34.6 Å². The van der Waals surface area contributed by atoms with Crippen LogP contribution in [-0.4, -0.2) is 22.0 Å². The number of aromatic carboxylic acids is 1. The van der Waals surface area contributed by atoms with Crippen LogP contribution in [0.15, 0.2) is 18.3 Å². The normalized spacial score (nSPS) is 12.1. The molecule has 2 aromatic rings. The molecule has 7 heteroatoms. The van der Waals surface area contributed by atoms with Gasteiger partial charge in [-0.2, -0.15) is 0 Å². The van der Waals surface area contributed by atoms with E-state index in [0.29, 0.717) is 9.88 Å². The van der Waals surface area contributed by atoms with Gasteiger partial charge in [-0.3, -0.25) is 4.79 Å². The summed E-state index contributed by atoms with van der Waals surface area (Å²) < 4.78 is 0. The second-order valence-corrected chi connectivity index (χ2v) is 6.32. The molecule has 0 unspecified atom stereocenters. The standard InChI is InChI=1S/C12H12N2O3S2/c1-6-3-4-8(18-6)10(15)14-7(2)11-13-5-9(19-11)12(16)17/h3-5,7H,1-2H3,(H,14,15)(H,16,17)/t7-/m0/s1. The van der Waals surface area contributed by atoms with Crippen LogP contribution in [0.1, 0.15) is 42.2 Å². The van der Waals surface area contributed by atoms with Crippen molar-refractivity contribution in [3.63, 3.8) is 0 Å². The first-order chi connectivity index (χ1) is 8.97. The van der Waals surface area contributed by atoms with E-state index in [2.05, 4.69) is 10.3 Å². The zero-order valence-electron chi connectivity index (χ0n) is 10.3. The van der Waals surface area contributed by atoms with Crippen LogP contribution in [0.4, 0.5) is 0 Å². The number of hydrogen-bond donors (Lipinski definition) is 2. The van der Waals surface area contributed by atoms with Crippen LogP contribution in [0, 0.1) is 6.92 Å². The molecule has 1 atom stereocenters. The van der Waals surface area contributed by atoms with Crippen molar-refractivity contribution in [3.8, 4) is 0 Å². The highest BCUT2D eigenvalue weighted by molar-refractivity contribution is 7.14.